The van der Waals surface area contributed by atoms with Gasteiger partial charge in [-0.1, -0.05) is 48.5 Å². The van der Waals surface area contributed by atoms with Gasteiger partial charge in [0.25, 0.3) is 0 Å². The van der Waals surface area contributed by atoms with Crippen LogP contribution in [-0.2, 0) is 6.42 Å². The molecule has 1 heterocycles. The number of thiophene rings is 1. The van der Waals surface area contributed by atoms with Crippen molar-refractivity contribution < 1.29 is 0 Å². The number of hydrogen-bond acceptors (Lipinski definition) is 2. The molecule has 1 unspecified atom stereocenters. The molecule has 0 radical (unpaired) electrons. The normalized spacial score (nSPS) is 12.7. The zero-order valence-electron chi connectivity index (χ0n) is 11.0. The maximum absolute atomic E-state index is 3.41. The van der Waals surface area contributed by atoms with Crippen molar-refractivity contribution >= 4 is 22.1 Å². The molecular weight excluding hydrogens is 250 g/mol. The Hall–Kier alpha value is -1.64. The Labute approximate surface area is 117 Å². The van der Waals surface area contributed by atoms with Gasteiger partial charge in [0.15, 0.2) is 0 Å². The van der Waals surface area contributed by atoms with Crippen molar-refractivity contribution in [3.63, 3.8) is 0 Å². The molecule has 0 bridgehead atoms. The standard InChI is InChI=1S/C17H17NS/c1-18-16(17-7-4-10-19-17)12-13-8-9-14-5-2-3-6-15(14)11-13/h2-11,16,18H,12H2,1H3. The second kappa shape index (κ2) is 5.55. The average molecular weight is 267 g/mol. The SMILES string of the molecule is CNC(Cc1ccc2ccccc2c1)c1cccs1. The Morgan fingerprint density at radius 3 is 2.58 bits per heavy atom. The summed E-state index contributed by atoms with van der Waals surface area (Å²) in [4.78, 5) is 1.40. The molecule has 1 N–H and O–H groups in total. The molecule has 0 aliphatic heterocycles. The molecule has 0 fully saturated rings. The fourth-order valence-electron chi connectivity index (χ4n) is 2.44. The van der Waals surface area contributed by atoms with Crippen molar-refractivity contribution in [2.75, 3.05) is 7.05 Å². The van der Waals surface area contributed by atoms with Gasteiger partial charge in [-0.05, 0) is 41.3 Å². The van der Waals surface area contributed by atoms with E-state index >= 15 is 0 Å². The van der Waals surface area contributed by atoms with E-state index in [9.17, 15) is 0 Å². The third-order valence-electron chi connectivity index (χ3n) is 3.49. The van der Waals surface area contributed by atoms with Crippen molar-refractivity contribution in [1.82, 2.24) is 5.32 Å². The highest BCUT2D eigenvalue weighted by molar-refractivity contribution is 7.10. The molecule has 3 aromatic rings. The molecule has 1 nitrogen and oxygen atoms in total. The summed E-state index contributed by atoms with van der Waals surface area (Å²) in [6, 6.07) is 20.0. The molecule has 0 aliphatic rings. The van der Waals surface area contributed by atoms with Crippen molar-refractivity contribution in [1.29, 1.82) is 0 Å². The van der Waals surface area contributed by atoms with Gasteiger partial charge in [-0.2, -0.15) is 0 Å². The largest absolute Gasteiger partial charge is 0.312 e. The lowest BCUT2D eigenvalue weighted by Gasteiger charge is -2.15. The van der Waals surface area contributed by atoms with Crippen molar-refractivity contribution in [3.05, 3.63) is 70.4 Å². The highest BCUT2D eigenvalue weighted by Crippen LogP contribution is 2.24. The summed E-state index contributed by atoms with van der Waals surface area (Å²) in [5, 5.41) is 8.18. The fraction of sp³-hybridized carbons (Fsp3) is 0.176. The maximum atomic E-state index is 3.41. The van der Waals surface area contributed by atoms with E-state index in [1.807, 2.05) is 18.4 Å². The molecule has 1 aromatic heterocycles. The van der Waals surface area contributed by atoms with E-state index in [0.29, 0.717) is 6.04 Å². The van der Waals surface area contributed by atoms with E-state index in [1.54, 1.807) is 0 Å². The Balaban J connectivity index is 1.88. The molecule has 96 valence electrons. The van der Waals surface area contributed by atoms with Gasteiger partial charge in [0.2, 0.25) is 0 Å². The predicted octanol–water partition coefficient (Wildman–Crippen LogP) is 4.40. The van der Waals surface area contributed by atoms with Gasteiger partial charge in [-0.3, -0.25) is 0 Å². The van der Waals surface area contributed by atoms with Crippen LogP contribution in [-0.4, -0.2) is 7.05 Å². The smallest absolute Gasteiger partial charge is 0.0453 e. The molecule has 0 spiro atoms. The number of hydrogen-bond donors (Lipinski definition) is 1. The number of rotatable bonds is 4. The van der Waals surface area contributed by atoms with Crippen molar-refractivity contribution in [2.45, 2.75) is 12.5 Å². The van der Waals surface area contributed by atoms with Crippen LogP contribution in [0.4, 0.5) is 0 Å². The Morgan fingerprint density at radius 2 is 1.84 bits per heavy atom. The molecule has 0 saturated heterocycles. The van der Waals surface area contributed by atoms with Crippen LogP contribution in [0.15, 0.2) is 60.0 Å². The van der Waals surface area contributed by atoms with Crippen LogP contribution in [0.5, 0.6) is 0 Å². The summed E-state index contributed by atoms with van der Waals surface area (Å²) in [6.45, 7) is 0. The summed E-state index contributed by atoms with van der Waals surface area (Å²) < 4.78 is 0. The van der Waals surface area contributed by atoms with E-state index in [0.717, 1.165) is 6.42 Å². The monoisotopic (exact) mass is 267 g/mol. The topological polar surface area (TPSA) is 12.0 Å². The quantitative estimate of drug-likeness (QED) is 0.738. The minimum atomic E-state index is 0.404. The molecule has 0 amide bonds. The molecular formula is C17H17NS. The zero-order valence-corrected chi connectivity index (χ0v) is 11.8. The van der Waals surface area contributed by atoms with E-state index in [-0.39, 0.29) is 0 Å². The van der Waals surface area contributed by atoms with Gasteiger partial charge < -0.3 is 5.32 Å². The fourth-order valence-corrected chi connectivity index (χ4v) is 3.27. The van der Waals surface area contributed by atoms with Gasteiger partial charge in [-0.25, -0.2) is 0 Å². The van der Waals surface area contributed by atoms with E-state index < -0.39 is 0 Å². The van der Waals surface area contributed by atoms with Crippen molar-refractivity contribution in [3.8, 4) is 0 Å². The third kappa shape index (κ3) is 2.70. The van der Waals surface area contributed by atoms with Crippen LogP contribution in [0, 0.1) is 0 Å². The highest BCUT2D eigenvalue weighted by atomic mass is 32.1. The summed E-state index contributed by atoms with van der Waals surface area (Å²) in [7, 11) is 2.03. The van der Waals surface area contributed by atoms with Crippen LogP contribution in [0.3, 0.4) is 0 Å². The molecule has 2 heteroatoms. The number of nitrogens with one attached hydrogen (secondary N) is 1. The van der Waals surface area contributed by atoms with Crippen LogP contribution in [0.2, 0.25) is 0 Å². The highest BCUT2D eigenvalue weighted by Gasteiger charge is 2.11. The number of fused-ring (bicyclic) bond motifs is 1. The Bertz CT molecular complexity index is 658. The van der Waals surface area contributed by atoms with Gasteiger partial charge in [0.1, 0.15) is 0 Å². The second-order valence-corrected chi connectivity index (χ2v) is 5.72. The lowest BCUT2D eigenvalue weighted by atomic mass is 10.0. The first-order chi connectivity index (χ1) is 9.36. The lowest BCUT2D eigenvalue weighted by Crippen LogP contribution is -2.17. The lowest BCUT2D eigenvalue weighted by molar-refractivity contribution is 0.602. The number of likely N-dealkylation sites (N-methyl/N-ethyl adjacent to an activating group) is 1. The first-order valence-electron chi connectivity index (χ1n) is 6.55. The minimum Gasteiger partial charge on any atom is -0.312 e. The zero-order chi connectivity index (χ0) is 13.1. The van der Waals surface area contributed by atoms with Crippen LogP contribution < -0.4 is 5.32 Å². The van der Waals surface area contributed by atoms with Crippen LogP contribution >= 0.6 is 11.3 Å². The Morgan fingerprint density at radius 1 is 1.00 bits per heavy atom. The number of benzene rings is 2. The van der Waals surface area contributed by atoms with E-state index in [1.165, 1.54) is 21.2 Å². The molecule has 2 aromatic carbocycles. The van der Waals surface area contributed by atoms with Gasteiger partial charge in [0.05, 0.1) is 0 Å². The average Bonchev–Trinajstić information content (AvgIpc) is 2.98. The molecule has 19 heavy (non-hydrogen) atoms. The van der Waals surface area contributed by atoms with E-state index in [2.05, 4.69) is 65.3 Å². The third-order valence-corrected chi connectivity index (χ3v) is 4.47. The maximum Gasteiger partial charge on any atom is 0.0453 e. The van der Waals surface area contributed by atoms with Crippen LogP contribution in [0.25, 0.3) is 10.8 Å². The second-order valence-electron chi connectivity index (χ2n) is 4.74. The first kappa shape index (κ1) is 12.4. The van der Waals surface area contributed by atoms with Crippen molar-refractivity contribution in [2.24, 2.45) is 0 Å². The summed E-state index contributed by atoms with van der Waals surface area (Å²) in [6.07, 6.45) is 1.03. The molecule has 0 saturated carbocycles. The molecule has 3 rings (SSSR count). The summed E-state index contributed by atoms with van der Waals surface area (Å²) in [5.74, 6) is 0. The Kier molecular flexibility index (Phi) is 3.62. The summed E-state index contributed by atoms with van der Waals surface area (Å²) in [5.41, 5.74) is 1.38. The van der Waals surface area contributed by atoms with Gasteiger partial charge in [-0.15, -0.1) is 11.3 Å². The minimum absolute atomic E-state index is 0.404. The first-order valence-corrected chi connectivity index (χ1v) is 7.43. The van der Waals surface area contributed by atoms with Gasteiger partial charge >= 0.3 is 0 Å². The molecule has 0 aliphatic carbocycles. The van der Waals surface area contributed by atoms with Crippen LogP contribution in [0.1, 0.15) is 16.5 Å². The van der Waals surface area contributed by atoms with Gasteiger partial charge in [0, 0.05) is 10.9 Å². The van der Waals surface area contributed by atoms with E-state index in [4.69, 9.17) is 0 Å². The summed E-state index contributed by atoms with van der Waals surface area (Å²) >= 11 is 1.82. The molecule has 1 atom stereocenters. The predicted molar refractivity (Wildman–Crippen MR) is 83.8 cm³/mol.